The SMILES string of the molecule is CCNC(=NCc1ccc(N2CCC(O)CC2)c(F)c1)NCCc1csc(C)n1. The Kier molecular flexibility index (Phi) is 7.83. The van der Waals surface area contributed by atoms with E-state index in [2.05, 4.69) is 26.0 Å². The average Bonchev–Trinajstić information content (AvgIpc) is 3.12. The molecule has 3 N–H and O–H groups in total. The summed E-state index contributed by atoms with van der Waals surface area (Å²) in [4.78, 5) is 11.0. The maximum atomic E-state index is 14.6. The first-order chi connectivity index (χ1) is 14.0. The highest BCUT2D eigenvalue weighted by Gasteiger charge is 2.19. The molecule has 8 heteroatoms. The molecular formula is C21H30FN5OS. The van der Waals surface area contributed by atoms with Gasteiger partial charge in [0, 0.05) is 38.0 Å². The molecule has 0 atom stereocenters. The molecule has 0 saturated carbocycles. The van der Waals surface area contributed by atoms with Crippen molar-refractivity contribution in [3.8, 4) is 0 Å². The van der Waals surface area contributed by atoms with Gasteiger partial charge in [-0.1, -0.05) is 6.07 Å². The number of aliphatic hydroxyl groups excluding tert-OH is 1. The Bertz CT molecular complexity index is 817. The molecule has 2 heterocycles. The quantitative estimate of drug-likeness (QED) is 0.475. The summed E-state index contributed by atoms with van der Waals surface area (Å²) in [6.07, 6.45) is 1.94. The van der Waals surface area contributed by atoms with Gasteiger partial charge in [-0.25, -0.2) is 14.4 Å². The van der Waals surface area contributed by atoms with Gasteiger partial charge in [0.15, 0.2) is 5.96 Å². The van der Waals surface area contributed by atoms with E-state index in [9.17, 15) is 9.50 Å². The first-order valence-electron chi connectivity index (χ1n) is 10.2. The number of nitrogens with one attached hydrogen (secondary N) is 2. The van der Waals surface area contributed by atoms with Crippen LogP contribution in [0.15, 0.2) is 28.6 Å². The molecule has 0 radical (unpaired) electrons. The summed E-state index contributed by atoms with van der Waals surface area (Å²) >= 11 is 1.66. The lowest BCUT2D eigenvalue weighted by atomic mass is 10.1. The maximum Gasteiger partial charge on any atom is 0.191 e. The third-order valence-corrected chi connectivity index (χ3v) is 5.74. The van der Waals surface area contributed by atoms with Crippen LogP contribution in [0.4, 0.5) is 10.1 Å². The van der Waals surface area contributed by atoms with Gasteiger partial charge in [-0.15, -0.1) is 11.3 Å². The number of guanidine groups is 1. The Hall–Kier alpha value is -2.19. The molecule has 1 aliphatic heterocycles. The molecule has 1 fully saturated rings. The summed E-state index contributed by atoms with van der Waals surface area (Å²) in [6, 6.07) is 5.31. The number of rotatable bonds is 7. The van der Waals surface area contributed by atoms with Crippen LogP contribution in [0.1, 0.15) is 36.0 Å². The Morgan fingerprint density at radius 3 is 2.79 bits per heavy atom. The summed E-state index contributed by atoms with van der Waals surface area (Å²) in [6.45, 7) is 7.29. The van der Waals surface area contributed by atoms with Crippen LogP contribution in [0.3, 0.4) is 0 Å². The molecule has 1 aliphatic rings. The second-order valence-electron chi connectivity index (χ2n) is 7.23. The number of hydrogen-bond acceptors (Lipinski definition) is 5. The molecule has 1 aromatic heterocycles. The van der Waals surface area contributed by atoms with Gasteiger partial charge in [0.2, 0.25) is 0 Å². The van der Waals surface area contributed by atoms with Crippen LogP contribution >= 0.6 is 11.3 Å². The maximum absolute atomic E-state index is 14.6. The fourth-order valence-corrected chi connectivity index (χ4v) is 4.00. The molecule has 0 unspecified atom stereocenters. The number of hydrogen-bond donors (Lipinski definition) is 3. The summed E-state index contributed by atoms with van der Waals surface area (Å²) in [5.74, 6) is 0.486. The highest BCUT2D eigenvalue weighted by atomic mass is 32.1. The fourth-order valence-electron chi connectivity index (χ4n) is 3.36. The van der Waals surface area contributed by atoms with E-state index in [1.54, 1.807) is 17.4 Å². The highest BCUT2D eigenvalue weighted by molar-refractivity contribution is 7.09. The number of aliphatic hydroxyl groups is 1. The minimum absolute atomic E-state index is 0.231. The van der Waals surface area contributed by atoms with E-state index in [0.717, 1.165) is 35.8 Å². The largest absolute Gasteiger partial charge is 0.393 e. The first kappa shape index (κ1) is 21.5. The number of aromatic nitrogens is 1. The van der Waals surface area contributed by atoms with E-state index < -0.39 is 0 Å². The van der Waals surface area contributed by atoms with Crippen LogP contribution in [0.25, 0.3) is 0 Å². The smallest absolute Gasteiger partial charge is 0.191 e. The number of anilines is 1. The zero-order valence-corrected chi connectivity index (χ0v) is 17.9. The zero-order valence-electron chi connectivity index (χ0n) is 17.1. The molecule has 1 aromatic carbocycles. The molecule has 6 nitrogen and oxygen atoms in total. The van der Waals surface area contributed by atoms with E-state index in [1.807, 2.05) is 30.9 Å². The van der Waals surface area contributed by atoms with Crippen molar-refractivity contribution in [2.45, 2.75) is 45.8 Å². The number of aryl methyl sites for hydroxylation is 1. The summed E-state index contributed by atoms with van der Waals surface area (Å²) in [5, 5.41) is 19.3. The molecule has 0 spiro atoms. The van der Waals surface area contributed by atoms with Crippen LogP contribution < -0.4 is 15.5 Å². The van der Waals surface area contributed by atoms with Gasteiger partial charge in [-0.2, -0.15) is 0 Å². The predicted molar refractivity (Wildman–Crippen MR) is 117 cm³/mol. The molecule has 158 valence electrons. The number of thiazole rings is 1. The van der Waals surface area contributed by atoms with Crippen LogP contribution in [0.5, 0.6) is 0 Å². The fraction of sp³-hybridized carbons (Fsp3) is 0.524. The lowest BCUT2D eigenvalue weighted by Gasteiger charge is -2.31. The lowest BCUT2D eigenvalue weighted by molar-refractivity contribution is 0.145. The van der Waals surface area contributed by atoms with Crippen LogP contribution in [0, 0.1) is 12.7 Å². The molecule has 0 bridgehead atoms. The van der Waals surface area contributed by atoms with E-state index in [0.29, 0.717) is 44.1 Å². The zero-order chi connectivity index (χ0) is 20.6. The summed E-state index contributed by atoms with van der Waals surface area (Å²) < 4.78 is 14.6. The van der Waals surface area contributed by atoms with Crippen molar-refractivity contribution in [1.82, 2.24) is 15.6 Å². The minimum atomic E-state index is -0.264. The lowest BCUT2D eigenvalue weighted by Crippen LogP contribution is -2.38. The molecule has 2 aromatic rings. The average molecular weight is 420 g/mol. The van der Waals surface area contributed by atoms with E-state index in [-0.39, 0.29) is 11.9 Å². The van der Waals surface area contributed by atoms with Gasteiger partial charge in [-0.05, 0) is 44.4 Å². The normalized spacial score (nSPS) is 15.6. The topological polar surface area (TPSA) is 72.8 Å². The number of halogens is 1. The van der Waals surface area contributed by atoms with Crippen LogP contribution in [0.2, 0.25) is 0 Å². The van der Waals surface area contributed by atoms with Crippen LogP contribution in [-0.4, -0.2) is 48.3 Å². The molecule has 0 amide bonds. The van der Waals surface area contributed by atoms with Crippen molar-refractivity contribution in [3.05, 3.63) is 45.7 Å². The minimum Gasteiger partial charge on any atom is -0.393 e. The van der Waals surface area contributed by atoms with Gasteiger partial charge in [0.25, 0.3) is 0 Å². The van der Waals surface area contributed by atoms with Crippen molar-refractivity contribution in [1.29, 1.82) is 0 Å². The van der Waals surface area contributed by atoms with Gasteiger partial charge >= 0.3 is 0 Å². The van der Waals surface area contributed by atoms with Gasteiger partial charge in [0.1, 0.15) is 5.82 Å². The molecule has 0 aliphatic carbocycles. The Morgan fingerprint density at radius 1 is 1.34 bits per heavy atom. The Labute approximate surface area is 175 Å². The molecular weight excluding hydrogens is 389 g/mol. The first-order valence-corrected chi connectivity index (χ1v) is 11.1. The monoisotopic (exact) mass is 419 g/mol. The second-order valence-corrected chi connectivity index (χ2v) is 8.30. The van der Waals surface area contributed by atoms with Gasteiger partial charge in [0.05, 0.1) is 29.0 Å². The van der Waals surface area contributed by atoms with Crippen molar-refractivity contribution < 1.29 is 9.50 Å². The number of piperidine rings is 1. The number of nitrogens with zero attached hydrogens (tertiary/aromatic N) is 3. The Morgan fingerprint density at radius 2 is 2.14 bits per heavy atom. The Balaban J connectivity index is 1.56. The van der Waals surface area contributed by atoms with E-state index >= 15 is 0 Å². The third-order valence-electron chi connectivity index (χ3n) is 4.92. The van der Waals surface area contributed by atoms with Crippen molar-refractivity contribution >= 4 is 23.0 Å². The van der Waals surface area contributed by atoms with Gasteiger partial charge < -0.3 is 20.6 Å². The van der Waals surface area contributed by atoms with Crippen LogP contribution in [-0.2, 0) is 13.0 Å². The molecule has 3 rings (SSSR count). The summed E-state index contributed by atoms with van der Waals surface area (Å²) in [5.41, 5.74) is 2.52. The van der Waals surface area contributed by atoms with E-state index in [4.69, 9.17) is 0 Å². The van der Waals surface area contributed by atoms with Crippen molar-refractivity contribution in [3.63, 3.8) is 0 Å². The predicted octanol–water partition coefficient (Wildman–Crippen LogP) is 2.85. The number of aliphatic imine (C=N–C) groups is 1. The van der Waals surface area contributed by atoms with Gasteiger partial charge in [-0.3, -0.25) is 0 Å². The summed E-state index contributed by atoms with van der Waals surface area (Å²) in [7, 11) is 0. The number of benzene rings is 1. The highest BCUT2D eigenvalue weighted by Crippen LogP contribution is 2.24. The molecule has 1 saturated heterocycles. The third kappa shape index (κ3) is 6.40. The second kappa shape index (κ2) is 10.5. The standard InChI is InChI=1S/C21H30FN5OS/c1-3-23-21(24-9-6-17-14-29-15(2)26-17)25-13-16-4-5-20(19(22)12-16)27-10-7-18(28)8-11-27/h4-5,12,14,18,28H,3,6-11,13H2,1-2H3,(H2,23,24,25). The van der Waals surface area contributed by atoms with Crippen molar-refractivity contribution in [2.24, 2.45) is 4.99 Å². The van der Waals surface area contributed by atoms with E-state index in [1.165, 1.54) is 0 Å². The van der Waals surface area contributed by atoms with Crippen molar-refractivity contribution in [2.75, 3.05) is 31.1 Å². The molecule has 29 heavy (non-hydrogen) atoms.